The Kier molecular flexibility index (Phi) is 3.64. The number of carboxylic acids is 2. The summed E-state index contributed by atoms with van der Waals surface area (Å²) in [7, 11) is 0. The molecule has 0 saturated heterocycles. The molecule has 114 valence electrons. The summed E-state index contributed by atoms with van der Waals surface area (Å²) >= 11 is 0. The fraction of sp³-hybridized carbons (Fsp3) is 0.154. The topological polar surface area (TPSA) is 140 Å². The standard InChI is InChI=1S/C13H10N2O7/c1-6(12(17)18)14-5-9(13(19)20)11(16)8-3-2-7(15(21)22)4-10(8)14/h2-6H,1H3,(H,17,18)(H,19,20). The molecule has 0 bridgehead atoms. The molecule has 0 fully saturated rings. The van der Waals surface area contributed by atoms with Gasteiger partial charge in [0.2, 0.25) is 5.43 Å². The van der Waals surface area contributed by atoms with Crippen LogP contribution in [-0.4, -0.2) is 31.6 Å². The molecule has 0 aliphatic carbocycles. The summed E-state index contributed by atoms with van der Waals surface area (Å²) in [5.74, 6) is -2.77. The molecule has 1 aromatic heterocycles. The number of hydrogen-bond donors (Lipinski definition) is 2. The minimum absolute atomic E-state index is 0.0147. The van der Waals surface area contributed by atoms with Crippen LogP contribution in [0, 0.1) is 10.1 Å². The number of carboxylic acid groups (broad SMARTS) is 2. The molecule has 0 aliphatic heterocycles. The van der Waals surface area contributed by atoms with Crippen LogP contribution in [0.5, 0.6) is 0 Å². The molecule has 1 atom stereocenters. The highest BCUT2D eigenvalue weighted by atomic mass is 16.6. The Bertz CT molecular complexity index is 869. The average Bonchev–Trinajstić information content (AvgIpc) is 2.46. The molecule has 2 aromatic rings. The molecule has 0 radical (unpaired) electrons. The molecule has 0 saturated carbocycles. The van der Waals surface area contributed by atoms with Gasteiger partial charge in [-0.2, -0.15) is 0 Å². The van der Waals surface area contributed by atoms with Gasteiger partial charge in [-0.1, -0.05) is 0 Å². The quantitative estimate of drug-likeness (QED) is 0.639. The number of nitrogens with zero attached hydrogens (tertiary/aromatic N) is 2. The van der Waals surface area contributed by atoms with E-state index in [1.807, 2.05) is 0 Å². The van der Waals surface area contributed by atoms with Gasteiger partial charge in [-0.15, -0.1) is 0 Å². The van der Waals surface area contributed by atoms with Crippen molar-refractivity contribution in [2.75, 3.05) is 0 Å². The van der Waals surface area contributed by atoms with Crippen molar-refractivity contribution in [3.63, 3.8) is 0 Å². The third-order valence-corrected chi connectivity index (χ3v) is 3.23. The lowest BCUT2D eigenvalue weighted by atomic mass is 10.1. The molecule has 9 heteroatoms. The molecule has 0 amide bonds. The number of aromatic carboxylic acids is 1. The van der Waals surface area contributed by atoms with Gasteiger partial charge in [0.05, 0.1) is 10.4 Å². The van der Waals surface area contributed by atoms with Crippen molar-refractivity contribution in [1.29, 1.82) is 0 Å². The Morgan fingerprint density at radius 3 is 2.45 bits per heavy atom. The predicted molar refractivity (Wildman–Crippen MR) is 74.2 cm³/mol. The fourth-order valence-electron chi connectivity index (χ4n) is 2.04. The largest absolute Gasteiger partial charge is 0.480 e. The Balaban J connectivity index is 2.95. The number of non-ortho nitro benzene ring substituents is 1. The Labute approximate surface area is 122 Å². The summed E-state index contributed by atoms with van der Waals surface area (Å²) < 4.78 is 1.02. The molecule has 0 spiro atoms. The maximum atomic E-state index is 12.1. The third kappa shape index (κ3) is 2.39. The SMILES string of the molecule is CC(C(=O)O)n1cc(C(=O)O)c(=O)c2ccc([N+](=O)[O-])cc21. The van der Waals surface area contributed by atoms with E-state index in [4.69, 9.17) is 10.2 Å². The normalized spacial score (nSPS) is 12.0. The van der Waals surface area contributed by atoms with E-state index in [2.05, 4.69) is 0 Å². The lowest BCUT2D eigenvalue weighted by Gasteiger charge is -2.15. The monoisotopic (exact) mass is 306 g/mol. The van der Waals surface area contributed by atoms with Gasteiger partial charge in [0.25, 0.3) is 5.69 Å². The van der Waals surface area contributed by atoms with E-state index >= 15 is 0 Å². The highest BCUT2D eigenvalue weighted by Crippen LogP contribution is 2.22. The summed E-state index contributed by atoms with van der Waals surface area (Å²) in [5, 5.41) is 28.9. The van der Waals surface area contributed by atoms with Crippen molar-refractivity contribution in [3.8, 4) is 0 Å². The molecule has 1 heterocycles. The molecule has 2 rings (SSSR count). The molecule has 1 unspecified atom stereocenters. The number of aliphatic carboxylic acids is 1. The molecule has 22 heavy (non-hydrogen) atoms. The van der Waals surface area contributed by atoms with E-state index in [-0.39, 0.29) is 16.6 Å². The lowest BCUT2D eigenvalue weighted by molar-refractivity contribution is -0.384. The zero-order valence-corrected chi connectivity index (χ0v) is 11.2. The number of benzene rings is 1. The lowest BCUT2D eigenvalue weighted by Crippen LogP contribution is -2.23. The number of rotatable bonds is 4. The minimum atomic E-state index is -1.50. The number of nitro benzene ring substituents is 1. The molecule has 1 aromatic carbocycles. The maximum absolute atomic E-state index is 12.1. The first-order valence-electron chi connectivity index (χ1n) is 6.03. The summed E-state index contributed by atoms with van der Waals surface area (Å²) in [6.45, 7) is 1.27. The minimum Gasteiger partial charge on any atom is -0.480 e. The first-order valence-corrected chi connectivity index (χ1v) is 6.03. The number of pyridine rings is 1. The molecule has 9 nitrogen and oxygen atoms in total. The second kappa shape index (κ2) is 5.28. The third-order valence-electron chi connectivity index (χ3n) is 3.23. The van der Waals surface area contributed by atoms with Gasteiger partial charge < -0.3 is 14.8 Å². The van der Waals surface area contributed by atoms with Crippen LogP contribution in [0.1, 0.15) is 23.3 Å². The van der Waals surface area contributed by atoms with Gasteiger partial charge >= 0.3 is 11.9 Å². The Morgan fingerprint density at radius 1 is 1.32 bits per heavy atom. The highest BCUT2D eigenvalue weighted by molar-refractivity contribution is 5.93. The summed E-state index contributed by atoms with van der Waals surface area (Å²) in [6, 6.07) is 2.02. The first kappa shape index (κ1) is 15.2. The van der Waals surface area contributed by atoms with E-state index in [0.29, 0.717) is 0 Å². The van der Waals surface area contributed by atoms with E-state index in [0.717, 1.165) is 29.0 Å². The average molecular weight is 306 g/mol. The zero-order chi connectivity index (χ0) is 16.6. The maximum Gasteiger partial charge on any atom is 0.341 e. The van der Waals surface area contributed by atoms with Gasteiger partial charge in [-0.3, -0.25) is 14.9 Å². The number of aromatic nitrogens is 1. The van der Waals surface area contributed by atoms with Gasteiger partial charge in [-0.05, 0) is 13.0 Å². The molecule has 0 aliphatic rings. The highest BCUT2D eigenvalue weighted by Gasteiger charge is 2.22. The summed E-state index contributed by atoms with van der Waals surface area (Å²) in [4.78, 5) is 44.5. The van der Waals surface area contributed by atoms with Crippen molar-refractivity contribution in [1.82, 2.24) is 4.57 Å². The fourth-order valence-corrected chi connectivity index (χ4v) is 2.04. The number of nitro groups is 1. The predicted octanol–water partition coefficient (Wildman–Crippen LogP) is 1.25. The van der Waals surface area contributed by atoms with Gasteiger partial charge in [0.15, 0.2) is 0 Å². The van der Waals surface area contributed by atoms with Crippen LogP contribution >= 0.6 is 0 Å². The molecule has 2 N–H and O–H groups in total. The number of fused-ring (bicyclic) bond motifs is 1. The smallest absolute Gasteiger partial charge is 0.341 e. The Morgan fingerprint density at radius 2 is 1.95 bits per heavy atom. The van der Waals surface area contributed by atoms with Crippen molar-refractivity contribution in [2.24, 2.45) is 0 Å². The van der Waals surface area contributed by atoms with Crippen LogP contribution < -0.4 is 5.43 Å². The first-order chi connectivity index (χ1) is 10.2. The Hall–Kier alpha value is -3.23. The van der Waals surface area contributed by atoms with Crippen LogP contribution in [0.25, 0.3) is 10.9 Å². The second-order valence-corrected chi connectivity index (χ2v) is 4.56. The van der Waals surface area contributed by atoms with Gasteiger partial charge in [0.1, 0.15) is 11.6 Å². The van der Waals surface area contributed by atoms with Crippen molar-refractivity contribution in [2.45, 2.75) is 13.0 Å². The van der Waals surface area contributed by atoms with E-state index < -0.39 is 33.9 Å². The summed E-state index contributed by atoms with van der Waals surface area (Å²) in [6.07, 6.45) is 0.884. The van der Waals surface area contributed by atoms with Gasteiger partial charge in [0, 0.05) is 23.7 Å². The van der Waals surface area contributed by atoms with Crippen molar-refractivity contribution < 1.29 is 24.7 Å². The van der Waals surface area contributed by atoms with E-state index in [9.17, 15) is 24.5 Å². The zero-order valence-electron chi connectivity index (χ0n) is 11.2. The van der Waals surface area contributed by atoms with Crippen LogP contribution in [0.3, 0.4) is 0 Å². The van der Waals surface area contributed by atoms with Crippen LogP contribution in [-0.2, 0) is 4.79 Å². The second-order valence-electron chi connectivity index (χ2n) is 4.56. The van der Waals surface area contributed by atoms with Crippen LogP contribution in [0.4, 0.5) is 5.69 Å². The van der Waals surface area contributed by atoms with E-state index in [1.54, 1.807) is 0 Å². The molecular formula is C13H10N2O7. The number of hydrogen-bond acceptors (Lipinski definition) is 5. The summed E-state index contributed by atoms with van der Waals surface area (Å²) in [5.41, 5.74) is -1.78. The van der Waals surface area contributed by atoms with Crippen molar-refractivity contribution in [3.05, 3.63) is 50.3 Å². The van der Waals surface area contributed by atoms with Crippen molar-refractivity contribution >= 4 is 28.5 Å². The van der Waals surface area contributed by atoms with Crippen LogP contribution in [0.15, 0.2) is 29.2 Å². The molecular weight excluding hydrogens is 296 g/mol. The van der Waals surface area contributed by atoms with Gasteiger partial charge in [-0.25, -0.2) is 9.59 Å². The van der Waals surface area contributed by atoms with Crippen LogP contribution in [0.2, 0.25) is 0 Å². The number of carbonyl (C=O) groups is 2. The van der Waals surface area contributed by atoms with E-state index in [1.165, 1.54) is 6.92 Å².